The molecule has 25 heavy (non-hydrogen) atoms. The van der Waals surface area contributed by atoms with E-state index in [4.69, 9.17) is 11.6 Å². The topological polar surface area (TPSA) is 58.1 Å². The number of hydrogen-bond donors (Lipinski definition) is 1. The molecule has 5 nitrogen and oxygen atoms in total. The van der Waals surface area contributed by atoms with Crippen molar-refractivity contribution in [2.24, 2.45) is 0 Å². The predicted octanol–water partition coefficient (Wildman–Crippen LogP) is 4.82. The van der Waals surface area contributed by atoms with Crippen LogP contribution in [0.4, 0.5) is 10.8 Å². The molecule has 0 spiro atoms. The van der Waals surface area contributed by atoms with Gasteiger partial charge in [-0.15, -0.1) is 10.2 Å². The van der Waals surface area contributed by atoms with E-state index in [0.29, 0.717) is 28.0 Å². The van der Waals surface area contributed by atoms with Crippen molar-refractivity contribution in [1.29, 1.82) is 0 Å². The molecular weight excluding hydrogens is 376 g/mol. The minimum absolute atomic E-state index is 0.184. The second-order valence-electron chi connectivity index (χ2n) is 6.23. The van der Waals surface area contributed by atoms with Gasteiger partial charge in [0.25, 0.3) is 0 Å². The van der Waals surface area contributed by atoms with E-state index >= 15 is 0 Å². The first-order chi connectivity index (χ1) is 12.0. The Kier molecular flexibility index (Phi) is 6.19. The molecule has 2 heterocycles. The van der Waals surface area contributed by atoms with Crippen LogP contribution in [0.2, 0.25) is 5.02 Å². The Morgan fingerprint density at radius 1 is 1.36 bits per heavy atom. The molecule has 1 amide bonds. The number of nitrogens with zero attached hydrogens (tertiary/aromatic N) is 3. The maximum Gasteiger partial charge on any atom is 0.233 e. The number of hydrogen-bond acceptors (Lipinski definition) is 6. The predicted molar refractivity (Wildman–Crippen MR) is 105 cm³/mol. The highest BCUT2D eigenvalue weighted by atomic mass is 35.5. The van der Waals surface area contributed by atoms with Crippen molar-refractivity contribution in [2.45, 2.75) is 49.5 Å². The third-order valence-electron chi connectivity index (χ3n) is 4.28. The fourth-order valence-corrected chi connectivity index (χ4v) is 4.95. The Labute approximate surface area is 161 Å². The van der Waals surface area contributed by atoms with Crippen molar-refractivity contribution in [1.82, 2.24) is 15.1 Å². The molecule has 1 N–H and O–H groups in total. The van der Waals surface area contributed by atoms with Crippen LogP contribution in [0.3, 0.4) is 0 Å². The smallest absolute Gasteiger partial charge is 0.233 e. The van der Waals surface area contributed by atoms with Gasteiger partial charge in [-0.1, -0.05) is 40.8 Å². The summed E-state index contributed by atoms with van der Waals surface area (Å²) in [5, 5.41) is 12.8. The summed E-state index contributed by atoms with van der Waals surface area (Å²) < 4.78 is 0.787. The molecule has 1 aromatic carbocycles. The van der Waals surface area contributed by atoms with E-state index in [0.717, 1.165) is 22.9 Å². The largest absolute Gasteiger partial charge is 0.337 e. The van der Waals surface area contributed by atoms with E-state index < -0.39 is 0 Å². The number of thioether (sulfide) groups is 1. The third-order valence-corrected chi connectivity index (χ3v) is 6.47. The number of rotatable bonds is 5. The van der Waals surface area contributed by atoms with Crippen molar-refractivity contribution in [3.05, 3.63) is 29.3 Å². The van der Waals surface area contributed by atoms with Gasteiger partial charge in [-0.25, -0.2) is 0 Å². The standard InChI is InChI=1S/C17H21ClN4OS2/c1-11-5-3-6-12(2)22(11)15(23)10-24-17-21-20-16(25-17)19-14-8-4-7-13(18)9-14/h4,7-9,11-12H,3,5-6,10H2,1-2H3,(H,19,20)/t11-,12-/m1/s1. The molecule has 1 aromatic heterocycles. The Morgan fingerprint density at radius 3 is 2.84 bits per heavy atom. The Balaban J connectivity index is 1.55. The van der Waals surface area contributed by atoms with Crippen LogP contribution in [-0.4, -0.2) is 38.8 Å². The Bertz CT molecular complexity index is 729. The van der Waals surface area contributed by atoms with Gasteiger partial charge in [-0.2, -0.15) is 0 Å². The number of likely N-dealkylation sites (tertiary alicyclic amines) is 1. The highest BCUT2D eigenvalue weighted by Crippen LogP contribution is 2.30. The first-order valence-corrected chi connectivity index (χ1v) is 10.5. The molecule has 2 atom stereocenters. The van der Waals surface area contributed by atoms with Crippen LogP contribution in [0.1, 0.15) is 33.1 Å². The number of halogens is 1. The van der Waals surface area contributed by atoms with Gasteiger partial charge >= 0.3 is 0 Å². The lowest BCUT2D eigenvalue weighted by atomic mass is 9.98. The molecular formula is C17H21ClN4OS2. The monoisotopic (exact) mass is 396 g/mol. The molecule has 0 aliphatic carbocycles. The van der Waals surface area contributed by atoms with Crippen molar-refractivity contribution in [3.8, 4) is 0 Å². The van der Waals surface area contributed by atoms with Gasteiger partial charge in [0.2, 0.25) is 11.0 Å². The summed E-state index contributed by atoms with van der Waals surface area (Å²) in [6.45, 7) is 4.27. The van der Waals surface area contributed by atoms with Gasteiger partial charge in [0.1, 0.15) is 0 Å². The quantitative estimate of drug-likeness (QED) is 0.734. The lowest BCUT2D eigenvalue weighted by Gasteiger charge is -2.39. The summed E-state index contributed by atoms with van der Waals surface area (Å²) in [4.78, 5) is 14.6. The average Bonchev–Trinajstić information content (AvgIpc) is 3.00. The molecule has 1 aliphatic heterocycles. The Morgan fingerprint density at radius 2 is 2.12 bits per heavy atom. The van der Waals surface area contributed by atoms with E-state index in [1.165, 1.54) is 29.5 Å². The van der Waals surface area contributed by atoms with Crippen molar-refractivity contribution in [3.63, 3.8) is 0 Å². The lowest BCUT2D eigenvalue weighted by molar-refractivity contribution is -0.134. The van der Waals surface area contributed by atoms with Crippen molar-refractivity contribution >= 4 is 51.4 Å². The first-order valence-electron chi connectivity index (χ1n) is 8.33. The van der Waals surface area contributed by atoms with E-state index in [9.17, 15) is 4.79 Å². The maximum atomic E-state index is 12.6. The number of carbonyl (C=O) groups excluding carboxylic acids is 1. The number of carbonyl (C=O) groups is 1. The van der Waals surface area contributed by atoms with Crippen LogP contribution in [0, 0.1) is 0 Å². The second kappa shape index (κ2) is 8.38. The van der Waals surface area contributed by atoms with Gasteiger partial charge in [-0.05, 0) is 51.3 Å². The van der Waals surface area contributed by atoms with Gasteiger partial charge in [-0.3, -0.25) is 4.79 Å². The van der Waals surface area contributed by atoms with Crippen molar-refractivity contribution in [2.75, 3.05) is 11.1 Å². The summed E-state index contributed by atoms with van der Waals surface area (Å²) in [5.74, 6) is 0.588. The molecule has 2 aromatic rings. The molecule has 3 rings (SSSR count). The van der Waals surface area contributed by atoms with E-state index in [-0.39, 0.29) is 5.91 Å². The van der Waals surface area contributed by atoms with Gasteiger partial charge in [0, 0.05) is 22.8 Å². The second-order valence-corrected chi connectivity index (χ2v) is 8.86. The van der Waals surface area contributed by atoms with Gasteiger partial charge in [0.05, 0.1) is 5.75 Å². The van der Waals surface area contributed by atoms with Crippen LogP contribution in [0.15, 0.2) is 28.6 Å². The van der Waals surface area contributed by atoms with Crippen LogP contribution in [0.25, 0.3) is 0 Å². The summed E-state index contributed by atoms with van der Waals surface area (Å²) >= 11 is 8.87. The normalized spacial score (nSPS) is 20.5. The summed E-state index contributed by atoms with van der Waals surface area (Å²) in [6, 6.07) is 8.10. The maximum absolute atomic E-state index is 12.6. The Hall–Kier alpha value is -1.31. The molecule has 0 unspecified atom stereocenters. The molecule has 0 bridgehead atoms. The number of nitrogens with one attached hydrogen (secondary N) is 1. The fourth-order valence-electron chi connectivity index (χ4n) is 3.12. The van der Waals surface area contributed by atoms with E-state index in [1.54, 1.807) is 0 Å². The fraction of sp³-hybridized carbons (Fsp3) is 0.471. The zero-order valence-electron chi connectivity index (χ0n) is 14.2. The molecule has 1 aliphatic rings. The highest BCUT2D eigenvalue weighted by molar-refractivity contribution is 8.01. The average molecular weight is 397 g/mol. The number of aromatic nitrogens is 2. The molecule has 1 fully saturated rings. The summed E-state index contributed by atoms with van der Waals surface area (Å²) in [6.07, 6.45) is 3.38. The number of piperidine rings is 1. The molecule has 0 saturated carbocycles. The van der Waals surface area contributed by atoms with Crippen LogP contribution >= 0.6 is 34.7 Å². The minimum atomic E-state index is 0.184. The molecule has 8 heteroatoms. The number of benzene rings is 1. The minimum Gasteiger partial charge on any atom is -0.337 e. The highest BCUT2D eigenvalue weighted by Gasteiger charge is 2.28. The van der Waals surface area contributed by atoms with Gasteiger partial charge < -0.3 is 10.2 Å². The van der Waals surface area contributed by atoms with E-state index in [2.05, 4.69) is 29.4 Å². The number of amides is 1. The SMILES string of the molecule is C[C@@H]1CCC[C@@H](C)N1C(=O)CSc1nnc(Nc2cccc(Cl)c2)s1. The lowest BCUT2D eigenvalue weighted by Crippen LogP contribution is -2.48. The van der Waals surface area contributed by atoms with Crippen LogP contribution in [-0.2, 0) is 4.79 Å². The van der Waals surface area contributed by atoms with Crippen molar-refractivity contribution < 1.29 is 4.79 Å². The zero-order chi connectivity index (χ0) is 17.8. The molecule has 134 valence electrons. The van der Waals surface area contributed by atoms with Crippen LogP contribution in [0.5, 0.6) is 0 Å². The zero-order valence-corrected chi connectivity index (χ0v) is 16.6. The summed E-state index contributed by atoms with van der Waals surface area (Å²) in [5.41, 5.74) is 0.868. The first kappa shape index (κ1) is 18.5. The molecule has 1 saturated heterocycles. The summed E-state index contributed by atoms with van der Waals surface area (Å²) in [7, 11) is 0. The van der Waals surface area contributed by atoms with Gasteiger partial charge in [0.15, 0.2) is 4.34 Å². The van der Waals surface area contributed by atoms with E-state index in [1.807, 2.05) is 29.2 Å². The third kappa shape index (κ3) is 4.86. The molecule has 0 radical (unpaired) electrons. The number of anilines is 2. The van der Waals surface area contributed by atoms with Crippen LogP contribution < -0.4 is 5.32 Å².